The van der Waals surface area contributed by atoms with Gasteiger partial charge in [-0.15, -0.1) is 0 Å². The quantitative estimate of drug-likeness (QED) is 0.778. The van der Waals surface area contributed by atoms with Gasteiger partial charge in [-0.1, -0.05) is 0 Å². The molecule has 1 aromatic rings. The number of amides is 4. The molecule has 1 saturated heterocycles. The van der Waals surface area contributed by atoms with E-state index in [-0.39, 0.29) is 30.0 Å². The first kappa shape index (κ1) is 13.3. The third-order valence-electron chi connectivity index (χ3n) is 3.81. The van der Waals surface area contributed by atoms with Crippen molar-refractivity contribution in [2.24, 2.45) is 0 Å². The Morgan fingerprint density at radius 1 is 1.00 bits per heavy atom. The Labute approximate surface area is 120 Å². The van der Waals surface area contributed by atoms with Crippen LogP contribution in [0.15, 0.2) is 18.2 Å². The van der Waals surface area contributed by atoms with E-state index in [1.54, 1.807) is 12.1 Å². The summed E-state index contributed by atoms with van der Waals surface area (Å²) in [5.74, 6) is -1.26. The highest BCUT2D eigenvalue weighted by molar-refractivity contribution is 6.21. The number of anilines is 1. The van der Waals surface area contributed by atoms with E-state index in [0.29, 0.717) is 16.8 Å². The minimum atomic E-state index is -0.634. The predicted molar refractivity (Wildman–Crippen MR) is 72.7 cm³/mol. The van der Waals surface area contributed by atoms with Crippen LogP contribution in [-0.4, -0.2) is 53.6 Å². The molecule has 3 rings (SSSR count). The molecule has 1 atom stereocenters. The lowest BCUT2D eigenvalue weighted by Crippen LogP contribution is -2.31. The molecular weight excluding hydrogens is 274 g/mol. The molecule has 7 nitrogen and oxygen atoms in total. The van der Waals surface area contributed by atoms with Crippen LogP contribution in [0.3, 0.4) is 0 Å². The molecule has 0 aliphatic carbocycles. The molecule has 0 saturated carbocycles. The van der Waals surface area contributed by atoms with Crippen LogP contribution in [0.5, 0.6) is 0 Å². The van der Waals surface area contributed by atoms with Crippen molar-refractivity contribution < 1.29 is 19.2 Å². The number of hydrogen-bond acceptors (Lipinski definition) is 5. The molecule has 1 N–H and O–H groups in total. The largest absolute Gasteiger partial charge is 0.373 e. The molecule has 2 aliphatic rings. The lowest BCUT2D eigenvalue weighted by molar-refractivity contribution is -0.136. The SMILES string of the molecule is CN1C(=O)c2ccc(NC3CC(=O)N(C)C3=O)cc2C1=O. The Morgan fingerprint density at radius 2 is 1.67 bits per heavy atom. The zero-order valence-electron chi connectivity index (χ0n) is 11.5. The van der Waals surface area contributed by atoms with Gasteiger partial charge < -0.3 is 5.32 Å². The number of carbonyl (C=O) groups is 4. The molecule has 4 amide bonds. The van der Waals surface area contributed by atoms with Crippen LogP contribution in [0.4, 0.5) is 5.69 Å². The van der Waals surface area contributed by atoms with Crippen molar-refractivity contribution in [3.8, 4) is 0 Å². The van der Waals surface area contributed by atoms with Crippen molar-refractivity contribution >= 4 is 29.3 Å². The van der Waals surface area contributed by atoms with Gasteiger partial charge in [-0.25, -0.2) is 0 Å². The first-order valence-electron chi connectivity index (χ1n) is 6.43. The molecule has 1 unspecified atom stereocenters. The molecule has 0 aromatic heterocycles. The number of rotatable bonds is 2. The molecule has 2 aliphatic heterocycles. The Kier molecular flexibility index (Phi) is 2.79. The molecule has 1 fully saturated rings. The van der Waals surface area contributed by atoms with Gasteiger partial charge in [0.05, 0.1) is 17.5 Å². The van der Waals surface area contributed by atoms with Gasteiger partial charge in [-0.3, -0.25) is 29.0 Å². The van der Waals surface area contributed by atoms with E-state index in [4.69, 9.17) is 0 Å². The van der Waals surface area contributed by atoms with Gasteiger partial charge in [0, 0.05) is 19.8 Å². The number of likely N-dealkylation sites (N-methyl/N-ethyl adjacent to an activating group) is 1. The predicted octanol–water partition coefficient (Wildman–Crippen LogP) is 0.0816. The second kappa shape index (κ2) is 4.41. The van der Waals surface area contributed by atoms with Gasteiger partial charge in [0.25, 0.3) is 17.7 Å². The number of hydrogen-bond donors (Lipinski definition) is 1. The Bertz CT molecular complexity index is 697. The van der Waals surface area contributed by atoms with E-state index in [1.807, 2.05) is 0 Å². The average molecular weight is 287 g/mol. The maximum absolute atomic E-state index is 11.9. The summed E-state index contributed by atoms with van der Waals surface area (Å²) in [6, 6.07) is 4.08. The van der Waals surface area contributed by atoms with Gasteiger partial charge in [0.15, 0.2) is 0 Å². The summed E-state index contributed by atoms with van der Waals surface area (Å²) in [5.41, 5.74) is 1.18. The van der Waals surface area contributed by atoms with Crippen molar-refractivity contribution in [2.75, 3.05) is 19.4 Å². The highest BCUT2D eigenvalue weighted by atomic mass is 16.2. The fourth-order valence-electron chi connectivity index (χ4n) is 2.52. The van der Waals surface area contributed by atoms with Crippen molar-refractivity contribution in [3.63, 3.8) is 0 Å². The molecule has 0 radical (unpaired) electrons. The van der Waals surface area contributed by atoms with Crippen LogP contribution in [0.1, 0.15) is 27.1 Å². The average Bonchev–Trinajstić information content (AvgIpc) is 2.83. The molecule has 21 heavy (non-hydrogen) atoms. The van der Waals surface area contributed by atoms with Crippen molar-refractivity contribution in [1.29, 1.82) is 0 Å². The Balaban J connectivity index is 1.87. The minimum Gasteiger partial charge on any atom is -0.373 e. The summed E-state index contributed by atoms with van der Waals surface area (Å²) < 4.78 is 0. The number of likely N-dealkylation sites (tertiary alicyclic amines) is 1. The zero-order valence-corrected chi connectivity index (χ0v) is 11.5. The highest BCUT2D eigenvalue weighted by Gasteiger charge is 2.37. The number of nitrogens with one attached hydrogen (secondary N) is 1. The van der Waals surface area contributed by atoms with Gasteiger partial charge in [0.1, 0.15) is 6.04 Å². The lowest BCUT2D eigenvalue weighted by Gasteiger charge is -2.12. The van der Waals surface area contributed by atoms with E-state index in [9.17, 15) is 19.2 Å². The molecular formula is C14H13N3O4. The first-order valence-corrected chi connectivity index (χ1v) is 6.43. The molecule has 0 spiro atoms. The van der Waals surface area contributed by atoms with Crippen LogP contribution in [0.25, 0.3) is 0 Å². The van der Waals surface area contributed by atoms with E-state index in [2.05, 4.69) is 5.32 Å². The third kappa shape index (κ3) is 1.89. The standard InChI is InChI=1S/C14H13N3O4/c1-16-11(18)6-10(14(16)21)15-7-3-4-8-9(5-7)13(20)17(2)12(8)19/h3-5,10,15H,6H2,1-2H3. The number of benzene rings is 1. The molecule has 7 heteroatoms. The van der Waals surface area contributed by atoms with Gasteiger partial charge in [-0.05, 0) is 18.2 Å². The van der Waals surface area contributed by atoms with Gasteiger partial charge >= 0.3 is 0 Å². The fourth-order valence-corrected chi connectivity index (χ4v) is 2.52. The second-order valence-corrected chi connectivity index (χ2v) is 5.12. The molecule has 0 bridgehead atoms. The van der Waals surface area contributed by atoms with E-state index in [1.165, 1.54) is 20.2 Å². The maximum Gasteiger partial charge on any atom is 0.261 e. The summed E-state index contributed by atoms with van der Waals surface area (Å²) >= 11 is 0. The summed E-state index contributed by atoms with van der Waals surface area (Å²) in [6.45, 7) is 0. The monoisotopic (exact) mass is 287 g/mol. The minimum absolute atomic E-state index is 0.0825. The van der Waals surface area contributed by atoms with Crippen molar-refractivity contribution in [1.82, 2.24) is 9.80 Å². The topological polar surface area (TPSA) is 86.8 Å². The van der Waals surface area contributed by atoms with Crippen LogP contribution in [-0.2, 0) is 9.59 Å². The Hall–Kier alpha value is -2.70. The third-order valence-corrected chi connectivity index (χ3v) is 3.81. The van der Waals surface area contributed by atoms with Gasteiger partial charge in [0.2, 0.25) is 5.91 Å². The normalized spacial score (nSPS) is 21.3. The lowest BCUT2D eigenvalue weighted by atomic mass is 10.1. The van der Waals surface area contributed by atoms with Crippen LogP contribution in [0, 0.1) is 0 Å². The molecule has 2 heterocycles. The number of fused-ring (bicyclic) bond motifs is 1. The van der Waals surface area contributed by atoms with E-state index < -0.39 is 6.04 Å². The second-order valence-electron chi connectivity index (χ2n) is 5.12. The number of imide groups is 2. The molecule has 1 aromatic carbocycles. The van der Waals surface area contributed by atoms with E-state index >= 15 is 0 Å². The smallest absolute Gasteiger partial charge is 0.261 e. The Morgan fingerprint density at radius 3 is 2.29 bits per heavy atom. The highest BCUT2D eigenvalue weighted by Crippen LogP contribution is 2.26. The number of carbonyl (C=O) groups excluding carboxylic acids is 4. The summed E-state index contributed by atoms with van der Waals surface area (Å²) in [6.07, 6.45) is 0.0825. The van der Waals surface area contributed by atoms with E-state index in [0.717, 1.165) is 9.80 Å². The van der Waals surface area contributed by atoms with Crippen molar-refractivity contribution in [2.45, 2.75) is 12.5 Å². The van der Waals surface area contributed by atoms with Crippen LogP contribution >= 0.6 is 0 Å². The van der Waals surface area contributed by atoms with Crippen LogP contribution < -0.4 is 5.32 Å². The van der Waals surface area contributed by atoms with Crippen LogP contribution in [0.2, 0.25) is 0 Å². The summed E-state index contributed by atoms with van der Waals surface area (Å²) in [7, 11) is 2.86. The molecule has 108 valence electrons. The maximum atomic E-state index is 11.9. The first-order chi connectivity index (χ1) is 9.90. The van der Waals surface area contributed by atoms with Crippen molar-refractivity contribution in [3.05, 3.63) is 29.3 Å². The van der Waals surface area contributed by atoms with Gasteiger partial charge in [-0.2, -0.15) is 0 Å². The number of nitrogens with zero attached hydrogens (tertiary/aromatic N) is 2. The summed E-state index contributed by atoms with van der Waals surface area (Å²) in [4.78, 5) is 49.1. The summed E-state index contributed by atoms with van der Waals surface area (Å²) in [5, 5.41) is 2.94. The zero-order chi connectivity index (χ0) is 15.3. The fraction of sp³-hybridized carbons (Fsp3) is 0.286.